The van der Waals surface area contributed by atoms with Crippen LogP contribution in [0.25, 0.3) is 0 Å². The van der Waals surface area contributed by atoms with Gasteiger partial charge in [-0.05, 0) is 43.3 Å². The summed E-state index contributed by atoms with van der Waals surface area (Å²) in [6.07, 6.45) is -0.710. The van der Waals surface area contributed by atoms with E-state index in [1.165, 1.54) is 0 Å². The first-order valence-electron chi connectivity index (χ1n) is 7.25. The van der Waals surface area contributed by atoms with Crippen LogP contribution in [0.1, 0.15) is 12.5 Å². The molecule has 5 nitrogen and oxygen atoms in total. The number of benzene rings is 2. The maximum Gasteiger partial charge on any atom is 0.265 e. The number of amides is 1. The smallest absolute Gasteiger partial charge is 0.265 e. The molecule has 118 valence electrons. The van der Waals surface area contributed by atoms with Crippen LogP contribution in [0.5, 0.6) is 5.75 Å². The van der Waals surface area contributed by atoms with Crippen LogP contribution < -0.4 is 15.0 Å². The van der Waals surface area contributed by atoms with Crippen LogP contribution >= 0.6 is 0 Å². The SMILES string of the molecule is CC(Oc1ccccc1C#N)C(=O)Nc1ccc(N(C)C)cc1. The third-order valence-electron chi connectivity index (χ3n) is 3.33. The summed E-state index contributed by atoms with van der Waals surface area (Å²) in [6, 6.07) is 16.4. The van der Waals surface area contributed by atoms with Gasteiger partial charge >= 0.3 is 0 Å². The number of rotatable bonds is 5. The first-order chi connectivity index (χ1) is 11.0. The van der Waals surface area contributed by atoms with E-state index in [4.69, 9.17) is 10.00 Å². The van der Waals surface area contributed by atoms with E-state index in [0.29, 0.717) is 17.0 Å². The van der Waals surface area contributed by atoms with Crippen LogP contribution in [0.15, 0.2) is 48.5 Å². The number of anilines is 2. The van der Waals surface area contributed by atoms with Gasteiger partial charge in [0.15, 0.2) is 6.10 Å². The van der Waals surface area contributed by atoms with Crippen molar-refractivity contribution >= 4 is 17.3 Å². The highest BCUT2D eigenvalue weighted by molar-refractivity contribution is 5.94. The van der Waals surface area contributed by atoms with Crippen molar-refractivity contribution in [3.8, 4) is 11.8 Å². The summed E-state index contributed by atoms with van der Waals surface area (Å²) in [7, 11) is 3.91. The van der Waals surface area contributed by atoms with E-state index in [1.54, 1.807) is 31.2 Å². The zero-order chi connectivity index (χ0) is 16.8. The van der Waals surface area contributed by atoms with Crippen molar-refractivity contribution in [2.45, 2.75) is 13.0 Å². The van der Waals surface area contributed by atoms with Gasteiger partial charge in [-0.1, -0.05) is 12.1 Å². The number of nitrogens with one attached hydrogen (secondary N) is 1. The van der Waals surface area contributed by atoms with Gasteiger partial charge in [-0.2, -0.15) is 5.26 Å². The number of para-hydroxylation sites is 1. The fraction of sp³-hybridized carbons (Fsp3) is 0.222. The van der Waals surface area contributed by atoms with Gasteiger partial charge in [0, 0.05) is 25.5 Å². The molecule has 0 aliphatic heterocycles. The molecule has 2 rings (SSSR count). The van der Waals surface area contributed by atoms with E-state index in [-0.39, 0.29) is 5.91 Å². The van der Waals surface area contributed by atoms with E-state index in [2.05, 4.69) is 5.32 Å². The van der Waals surface area contributed by atoms with E-state index in [9.17, 15) is 4.79 Å². The monoisotopic (exact) mass is 309 g/mol. The minimum atomic E-state index is -0.710. The average Bonchev–Trinajstić information content (AvgIpc) is 2.55. The number of hydrogen-bond donors (Lipinski definition) is 1. The highest BCUT2D eigenvalue weighted by Crippen LogP contribution is 2.19. The molecule has 1 atom stereocenters. The number of carbonyl (C=O) groups excluding carboxylic acids is 1. The second-order valence-corrected chi connectivity index (χ2v) is 5.30. The Morgan fingerprint density at radius 1 is 1.17 bits per heavy atom. The molecule has 0 bridgehead atoms. The van der Waals surface area contributed by atoms with Crippen molar-refractivity contribution in [1.82, 2.24) is 0 Å². The van der Waals surface area contributed by atoms with Crippen molar-refractivity contribution < 1.29 is 9.53 Å². The highest BCUT2D eigenvalue weighted by Gasteiger charge is 2.16. The van der Waals surface area contributed by atoms with Crippen LogP contribution in [0.2, 0.25) is 0 Å². The molecule has 0 aromatic heterocycles. The molecule has 0 fully saturated rings. The first-order valence-corrected chi connectivity index (χ1v) is 7.25. The fourth-order valence-corrected chi connectivity index (χ4v) is 1.99. The van der Waals surface area contributed by atoms with Crippen molar-refractivity contribution in [2.75, 3.05) is 24.3 Å². The van der Waals surface area contributed by atoms with E-state index in [1.807, 2.05) is 49.3 Å². The Bertz CT molecular complexity index is 718. The Balaban J connectivity index is 2.01. The van der Waals surface area contributed by atoms with Crippen molar-refractivity contribution in [3.63, 3.8) is 0 Å². The number of carbonyl (C=O) groups is 1. The second-order valence-electron chi connectivity index (χ2n) is 5.30. The van der Waals surface area contributed by atoms with Gasteiger partial charge in [0.2, 0.25) is 0 Å². The zero-order valence-corrected chi connectivity index (χ0v) is 13.4. The van der Waals surface area contributed by atoms with Crippen molar-refractivity contribution in [1.29, 1.82) is 5.26 Å². The summed E-state index contributed by atoms with van der Waals surface area (Å²) in [6.45, 7) is 1.65. The third kappa shape index (κ3) is 4.24. The summed E-state index contributed by atoms with van der Waals surface area (Å²) in [4.78, 5) is 14.2. The molecule has 0 saturated carbocycles. The molecule has 1 amide bonds. The Morgan fingerprint density at radius 2 is 1.83 bits per heavy atom. The van der Waals surface area contributed by atoms with Gasteiger partial charge in [0.1, 0.15) is 11.8 Å². The first kappa shape index (κ1) is 16.4. The van der Waals surface area contributed by atoms with Gasteiger partial charge in [-0.25, -0.2) is 0 Å². The predicted octanol–water partition coefficient (Wildman–Crippen LogP) is 3.03. The van der Waals surface area contributed by atoms with Gasteiger partial charge < -0.3 is 15.0 Å². The topological polar surface area (TPSA) is 65.4 Å². The van der Waals surface area contributed by atoms with Crippen molar-refractivity contribution in [3.05, 3.63) is 54.1 Å². The van der Waals surface area contributed by atoms with E-state index >= 15 is 0 Å². The molecule has 1 N–H and O–H groups in total. The largest absolute Gasteiger partial charge is 0.480 e. The van der Waals surface area contributed by atoms with Gasteiger partial charge in [0.25, 0.3) is 5.91 Å². The van der Waals surface area contributed by atoms with Crippen LogP contribution in [0.4, 0.5) is 11.4 Å². The standard InChI is InChI=1S/C18H19N3O2/c1-13(23-17-7-5-4-6-14(17)12-19)18(22)20-15-8-10-16(11-9-15)21(2)3/h4-11,13H,1-3H3,(H,20,22). The minimum Gasteiger partial charge on any atom is -0.480 e. The number of nitrogens with zero attached hydrogens (tertiary/aromatic N) is 2. The van der Waals surface area contributed by atoms with Gasteiger partial charge in [0.05, 0.1) is 5.56 Å². The third-order valence-corrected chi connectivity index (χ3v) is 3.33. The van der Waals surface area contributed by atoms with Crippen LogP contribution in [-0.2, 0) is 4.79 Å². The van der Waals surface area contributed by atoms with Crippen LogP contribution in [-0.4, -0.2) is 26.1 Å². The Hall–Kier alpha value is -3.00. The maximum absolute atomic E-state index is 12.2. The maximum atomic E-state index is 12.2. The molecule has 1 unspecified atom stereocenters. The summed E-state index contributed by atoms with van der Waals surface area (Å²) in [5, 5.41) is 11.8. The molecule has 2 aromatic rings. The molecule has 0 saturated heterocycles. The summed E-state index contributed by atoms with van der Waals surface area (Å²) < 4.78 is 5.59. The van der Waals surface area contributed by atoms with Gasteiger partial charge in [-0.3, -0.25) is 4.79 Å². The Kier molecular flexibility index (Phi) is 5.21. The number of ether oxygens (including phenoxy) is 1. The number of hydrogen-bond acceptors (Lipinski definition) is 4. The molecule has 2 aromatic carbocycles. The van der Waals surface area contributed by atoms with Gasteiger partial charge in [-0.15, -0.1) is 0 Å². The molecule has 0 radical (unpaired) electrons. The molecule has 0 aliphatic rings. The lowest BCUT2D eigenvalue weighted by Gasteiger charge is -2.16. The lowest BCUT2D eigenvalue weighted by Crippen LogP contribution is -2.30. The normalized spacial score (nSPS) is 11.2. The zero-order valence-electron chi connectivity index (χ0n) is 13.4. The molecule has 0 spiro atoms. The average molecular weight is 309 g/mol. The van der Waals surface area contributed by atoms with E-state index in [0.717, 1.165) is 5.69 Å². The second kappa shape index (κ2) is 7.32. The molecule has 0 heterocycles. The van der Waals surface area contributed by atoms with Crippen LogP contribution in [0.3, 0.4) is 0 Å². The summed E-state index contributed by atoms with van der Waals surface area (Å²) in [5.74, 6) is 0.135. The Morgan fingerprint density at radius 3 is 2.43 bits per heavy atom. The molecular formula is C18H19N3O2. The fourth-order valence-electron chi connectivity index (χ4n) is 1.99. The molecule has 0 aliphatic carbocycles. The summed E-state index contributed by atoms with van der Waals surface area (Å²) in [5.41, 5.74) is 2.15. The Labute approximate surface area is 136 Å². The quantitative estimate of drug-likeness (QED) is 0.922. The van der Waals surface area contributed by atoms with Crippen molar-refractivity contribution in [2.24, 2.45) is 0 Å². The number of nitriles is 1. The highest BCUT2D eigenvalue weighted by atomic mass is 16.5. The van der Waals surface area contributed by atoms with E-state index < -0.39 is 6.10 Å². The minimum absolute atomic E-state index is 0.268. The lowest BCUT2D eigenvalue weighted by molar-refractivity contribution is -0.122. The predicted molar refractivity (Wildman–Crippen MR) is 90.6 cm³/mol. The molecule has 23 heavy (non-hydrogen) atoms. The summed E-state index contributed by atoms with van der Waals surface area (Å²) >= 11 is 0. The molecular weight excluding hydrogens is 290 g/mol. The van der Waals surface area contributed by atoms with Crippen LogP contribution in [0, 0.1) is 11.3 Å². The lowest BCUT2D eigenvalue weighted by atomic mass is 10.2. The molecule has 5 heteroatoms.